The molecule has 2 unspecified atom stereocenters. The van der Waals surface area contributed by atoms with Crippen molar-refractivity contribution in [2.24, 2.45) is 0 Å². The van der Waals surface area contributed by atoms with Crippen molar-refractivity contribution in [2.45, 2.75) is 51.7 Å². The third kappa shape index (κ3) is 3.22. The number of halogens is 1. The average molecular weight is 251 g/mol. The van der Waals surface area contributed by atoms with E-state index < -0.39 is 0 Å². The second kappa shape index (κ2) is 6.19. The highest BCUT2D eigenvalue weighted by atomic mass is 19.1. The van der Waals surface area contributed by atoms with Crippen LogP contribution in [0.4, 0.5) is 4.39 Å². The summed E-state index contributed by atoms with van der Waals surface area (Å²) in [5.41, 5.74) is 1.03. The molecule has 0 radical (unpaired) electrons. The number of hydrogen-bond donors (Lipinski definition) is 1. The summed E-state index contributed by atoms with van der Waals surface area (Å²) in [5.74, 6) is 0.131. The van der Waals surface area contributed by atoms with E-state index in [4.69, 9.17) is 4.74 Å². The van der Waals surface area contributed by atoms with Crippen molar-refractivity contribution in [3.8, 4) is 5.75 Å². The largest absolute Gasteiger partial charge is 0.486 e. The molecule has 18 heavy (non-hydrogen) atoms. The van der Waals surface area contributed by atoms with Crippen molar-refractivity contribution >= 4 is 0 Å². The number of nitrogens with one attached hydrogen (secondary N) is 1. The average Bonchev–Trinajstić information content (AvgIpc) is 2.79. The van der Waals surface area contributed by atoms with E-state index in [0.29, 0.717) is 11.8 Å². The van der Waals surface area contributed by atoms with Crippen LogP contribution in [-0.2, 0) is 0 Å². The van der Waals surface area contributed by atoms with Gasteiger partial charge < -0.3 is 10.1 Å². The number of rotatable bonds is 5. The van der Waals surface area contributed by atoms with Gasteiger partial charge in [0.25, 0.3) is 0 Å². The Bertz CT molecular complexity index is 394. The molecule has 1 aliphatic carbocycles. The van der Waals surface area contributed by atoms with E-state index in [-0.39, 0.29) is 11.9 Å². The fourth-order valence-electron chi connectivity index (χ4n) is 2.49. The molecule has 0 saturated heterocycles. The van der Waals surface area contributed by atoms with Crippen LogP contribution in [0.25, 0.3) is 0 Å². The molecule has 0 aromatic heterocycles. The Morgan fingerprint density at radius 1 is 1.39 bits per heavy atom. The zero-order valence-corrected chi connectivity index (χ0v) is 11.2. The molecule has 1 aromatic rings. The van der Waals surface area contributed by atoms with Gasteiger partial charge in [0.2, 0.25) is 0 Å². The van der Waals surface area contributed by atoms with Crippen molar-refractivity contribution in [3.05, 3.63) is 29.6 Å². The molecular weight excluding hydrogens is 229 g/mol. The predicted molar refractivity (Wildman–Crippen MR) is 71.5 cm³/mol. The van der Waals surface area contributed by atoms with Crippen molar-refractivity contribution in [1.29, 1.82) is 0 Å². The van der Waals surface area contributed by atoms with Crippen LogP contribution in [-0.4, -0.2) is 18.7 Å². The summed E-state index contributed by atoms with van der Waals surface area (Å²) in [4.78, 5) is 0. The monoisotopic (exact) mass is 251 g/mol. The van der Waals surface area contributed by atoms with Gasteiger partial charge >= 0.3 is 0 Å². The number of benzene rings is 1. The third-order valence-corrected chi connectivity index (χ3v) is 3.47. The summed E-state index contributed by atoms with van der Waals surface area (Å²) in [6.07, 6.45) is 4.50. The van der Waals surface area contributed by atoms with E-state index in [1.807, 2.05) is 6.92 Å². The Morgan fingerprint density at radius 2 is 2.22 bits per heavy atom. The van der Waals surface area contributed by atoms with Crippen LogP contribution in [0.3, 0.4) is 0 Å². The lowest BCUT2D eigenvalue weighted by molar-refractivity contribution is 0.167. The van der Waals surface area contributed by atoms with Gasteiger partial charge in [-0.3, -0.25) is 0 Å². The van der Waals surface area contributed by atoms with Crippen LogP contribution >= 0.6 is 0 Å². The molecule has 1 fully saturated rings. The smallest absolute Gasteiger partial charge is 0.165 e. The Balaban J connectivity index is 2.01. The second-order valence-electron chi connectivity index (χ2n) is 5.08. The zero-order valence-electron chi connectivity index (χ0n) is 11.2. The molecule has 3 heteroatoms. The Hall–Kier alpha value is -1.09. The standard InChI is InChI=1S/C15H22FNO/c1-3-9-17-13-5-4-6-14(13)18-15-10-11(2)7-8-12(15)16/h7-8,10,13-14,17H,3-6,9H2,1-2H3. The molecule has 0 spiro atoms. The van der Waals surface area contributed by atoms with Gasteiger partial charge in [-0.25, -0.2) is 4.39 Å². The van der Waals surface area contributed by atoms with Crippen molar-refractivity contribution in [2.75, 3.05) is 6.54 Å². The molecule has 0 bridgehead atoms. The minimum absolute atomic E-state index is 0.104. The first-order chi connectivity index (χ1) is 8.70. The normalized spacial score (nSPS) is 23.3. The topological polar surface area (TPSA) is 21.3 Å². The van der Waals surface area contributed by atoms with Crippen LogP contribution in [0.15, 0.2) is 18.2 Å². The molecule has 100 valence electrons. The number of hydrogen-bond acceptors (Lipinski definition) is 2. The third-order valence-electron chi connectivity index (χ3n) is 3.47. The summed E-state index contributed by atoms with van der Waals surface area (Å²) in [6, 6.07) is 5.40. The maximum Gasteiger partial charge on any atom is 0.165 e. The van der Waals surface area contributed by atoms with Crippen LogP contribution in [0.5, 0.6) is 5.75 Å². The first kappa shape index (κ1) is 13.3. The van der Waals surface area contributed by atoms with Crippen LogP contribution in [0.2, 0.25) is 0 Å². The summed E-state index contributed by atoms with van der Waals surface area (Å²) in [5, 5.41) is 3.49. The van der Waals surface area contributed by atoms with E-state index in [0.717, 1.165) is 37.8 Å². The lowest BCUT2D eigenvalue weighted by atomic mass is 10.2. The van der Waals surface area contributed by atoms with Gasteiger partial charge in [-0.2, -0.15) is 0 Å². The van der Waals surface area contributed by atoms with Gasteiger partial charge in [0.05, 0.1) is 0 Å². The van der Waals surface area contributed by atoms with Crippen LogP contribution in [0.1, 0.15) is 38.2 Å². The Morgan fingerprint density at radius 3 is 3.00 bits per heavy atom. The molecular formula is C15H22FNO. The molecule has 1 aromatic carbocycles. The molecule has 2 rings (SSSR count). The van der Waals surface area contributed by atoms with E-state index in [2.05, 4.69) is 12.2 Å². The summed E-state index contributed by atoms with van der Waals surface area (Å²) in [6.45, 7) is 5.10. The quantitative estimate of drug-likeness (QED) is 0.865. The van der Waals surface area contributed by atoms with E-state index in [9.17, 15) is 4.39 Å². The highest BCUT2D eigenvalue weighted by Gasteiger charge is 2.28. The number of ether oxygens (including phenoxy) is 1. The second-order valence-corrected chi connectivity index (χ2v) is 5.08. The molecule has 1 aliphatic rings. The van der Waals surface area contributed by atoms with E-state index in [1.165, 1.54) is 6.07 Å². The first-order valence-electron chi connectivity index (χ1n) is 6.87. The Labute approximate surface area is 109 Å². The molecule has 2 atom stereocenters. The van der Waals surface area contributed by atoms with Gasteiger partial charge in [-0.1, -0.05) is 13.0 Å². The molecule has 0 heterocycles. The van der Waals surface area contributed by atoms with Crippen LogP contribution in [0, 0.1) is 12.7 Å². The fourth-order valence-corrected chi connectivity index (χ4v) is 2.49. The first-order valence-corrected chi connectivity index (χ1v) is 6.87. The summed E-state index contributed by atoms with van der Waals surface area (Å²) in [7, 11) is 0. The molecule has 0 aliphatic heterocycles. The van der Waals surface area contributed by atoms with Crippen molar-refractivity contribution in [3.63, 3.8) is 0 Å². The SMILES string of the molecule is CCCNC1CCCC1Oc1cc(C)ccc1F. The highest BCUT2D eigenvalue weighted by Crippen LogP contribution is 2.27. The summed E-state index contributed by atoms with van der Waals surface area (Å²) < 4.78 is 19.5. The van der Waals surface area contributed by atoms with E-state index >= 15 is 0 Å². The lowest BCUT2D eigenvalue weighted by Gasteiger charge is -2.22. The van der Waals surface area contributed by atoms with Crippen molar-refractivity contribution < 1.29 is 9.13 Å². The Kier molecular flexibility index (Phi) is 4.59. The van der Waals surface area contributed by atoms with Gasteiger partial charge in [-0.05, 0) is 56.8 Å². The zero-order chi connectivity index (χ0) is 13.0. The molecule has 1 N–H and O–H groups in total. The van der Waals surface area contributed by atoms with Gasteiger partial charge in [0.1, 0.15) is 6.10 Å². The maximum absolute atomic E-state index is 13.7. The molecule has 1 saturated carbocycles. The van der Waals surface area contributed by atoms with Gasteiger partial charge in [0, 0.05) is 6.04 Å². The fraction of sp³-hybridized carbons (Fsp3) is 0.600. The summed E-state index contributed by atoms with van der Waals surface area (Å²) >= 11 is 0. The minimum Gasteiger partial charge on any atom is -0.486 e. The minimum atomic E-state index is -0.262. The van der Waals surface area contributed by atoms with E-state index in [1.54, 1.807) is 12.1 Å². The van der Waals surface area contributed by atoms with Gasteiger partial charge in [-0.15, -0.1) is 0 Å². The lowest BCUT2D eigenvalue weighted by Crippen LogP contribution is -2.39. The highest BCUT2D eigenvalue weighted by molar-refractivity contribution is 5.29. The molecule has 2 nitrogen and oxygen atoms in total. The maximum atomic E-state index is 13.7. The predicted octanol–water partition coefficient (Wildman–Crippen LogP) is 3.43. The van der Waals surface area contributed by atoms with Crippen molar-refractivity contribution in [1.82, 2.24) is 5.32 Å². The molecule has 0 amide bonds. The van der Waals surface area contributed by atoms with Gasteiger partial charge in [0.15, 0.2) is 11.6 Å². The number of aryl methyl sites for hydroxylation is 1. The van der Waals surface area contributed by atoms with Crippen LogP contribution < -0.4 is 10.1 Å².